The van der Waals surface area contributed by atoms with Crippen molar-refractivity contribution in [1.29, 1.82) is 0 Å². The molecule has 0 spiro atoms. The van der Waals surface area contributed by atoms with Crippen LogP contribution >= 0.6 is 12.4 Å². The lowest BCUT2D eigenvalue weighted by molar-refractivity contribution is -0.137. The van der Waals surface area contributed by atoms with E-state index in [1.165, 1.54) is 12.1 Å². The van der Waals surface area contributed by atoms with Gasteiger partial charge in [0.1, 0.15) is 5.82 Å². The SMILES string of the molecule is Cl.O=C([C@H]1C[C@@H](c2cccc(C(F)(F)F)c2)CN1)N1CCN(c2ncccc2-c2ccoc2)CC1. The number of nitrogens with one attached hydrogen (secondary N) is 1. The number of carbonyl (C=O) groups is 1. The molecule has 6 nitrogen and oxygen atoms in total. The number of aromatic nitrogens is 1. The Labute approximate surface area is 207 Å². The molecule has 0 saturated carbocycles. The number of pyridine rings is 1. The number of hydrogen-bond donors (Lipinski definition) is 1. The highest BCUT2D eigenvalue weighted by Crippen LogP contribution is 2.34. The van der Waals surface area contributed by atoms with E-state index in [4.69, 9.17) is 4.42 Å². The van der Waals surface area contributed by atoms with Gasteiger partial charge in [0.05, 0.1) is 24.1 Å². The standard InChI is InChI=1S/C25H25F3N4O2.ClH/c26-25(27,28)20-4-1-3-17(13-20)19-14-22(30-15-19)24(33)32-10-8-31(9-11-32)23-21(5-2-7-29-23)18-6-12-34-16-18;/h1-7,12-13,16,19,22,30H,8-11,14-15H2;1H/t19-,22-;/m1./s1. The Hall–Kier alpha value is -3.04. The molecule has 1 N–H and O–H groups in total. The summed E-state index contributed by atoms with van der Waals surface area (Å²) in [6.45, 7) is 2.91. The summed E-state index contributed by atoms with van der Waals surface area (Å²) in [7, 11) is 0. The van der Waals surface area contributed by atoms with Gasteiger partial charge >= 0.3 is 6.18 Å². The molecular formula is C25H26ClF3N4O2. The predicted octanol–water partition coefficient (Wildman–Crippen LogP) is 4.58. The van der Waals surface area contributed by atoms with Crippen molar-refractivity contribution in [3.8, 4) is 11.1 Å². The van der Waals surface area contributed by atoms with Crippen LogP contribution in [0.25, 0.3) is 11.1 Å². The lowest BCUT2D eigenvalue weighted by atomic mass is 9.94. The van der Waals surface area contributed by atoms with Gasteiger partial charge in [-0.25, -0.2) is 4.98 Å². The Morgan fingerprint density at radius 1 is 1.09 bits per heavy atom. The van der Waals surface area contributed by atoms with Crippen LogP contribution < -0.4 is 10.2 Å². The topological polar surface area (TPSA) is 61.6 Å². The number of alkyl halides is 3. The van der Waals surface area contributed by atoms with Crippen LogP contribution in [0.2, 0.25) is 0 Å². The van der Waals surface area contributed by atoms with Crippen molar-refractivity contribution < 1.29 is 22.4 Å². The molecule has 10 heteroatoms. The summed E-state index contributed by atoms with van der Waals surface area (Å²) in [4.78, 5) is 21.7. The second-order valence-corrected chi connectivity index (χ2v) is 8.72. The summed E-state index contributed by atoms with van der Waals surface area (Å²) >= 11 is 0. The van der Waals surface area contributed by atoms with Gasteiger partial charge in [-0.05, 0) is 42.2 Å². The van der Waals surface area contributed by atoms with E-state index in [0.717, 1.165) is 23.0 Å². The summed E-state index contributed by atoms with van der Waals surface area (Å²) < 4.78 is 44.4. The first-order valence-electron chi connectivity index (χ1n) is 11.3. The van der Waals surface area contributed by atoms with Gasteiger partial charge in [-0.15, -0.1) is 12.4 Å². The van der Waals surface area contributed by atoms with Crippen molar-refractivity contribution in [3.05, 3.63) is 72.3 Å². The number of furan rings is 1. The fraction of sp³-hybridized carbons (Fsp3) is 0.360. The minimum absolute atomic E-state index is 0. The van der Waals surface area contributed by atoms with Crippen LogP contribution in [-0.4, -0.2) is 54.6 Å². The molecule has 5 rings (SSSR count). The first-order valence-corrected chi connectivity index (χ1v) is 11.3. The molecule has 2 aliphatic rings. The number of piperazine rings is 1. The maximum Gasteiger partial charge on any atom is 0.416 e. The molecule has 2 atom stereocenters. The number of carbonyl (C=O) groups excluding carboxylic acids is 1. The summed E-state index contributed by atoms with van der Waals surface area (Å²) in [5, 5.41) is 3.22. The van der Waals surface area contributed by atoms with Crippen molar-refractivity contribution in [2.45, 2.75) is 24.6 Å². The van der Waals surface area contributed by atoms with E-state index < -0.39 is 11.7 Å². The first kappa shape index (κ1) is 25.1. The summed E-state index contributed by atoms with van der Waals surface area (Å²) in [6.07, 6.45) is 1.19. The maximum absolute atomic E-state index is 13.1. The second-order valence-electron chi connectivity index (χ2n) is 8.72. The molecular weight excluding hydrogens is 481 g/mol. The highest BCUT2D eigenvalue weighted by Gasteiger charge is 2.36. The average molecular weight is 507 g/mol. The quantitative estimate of drug-likeness (QED) is 0.561. The van der Waals surface area contributed by atoms with Crippen LogP contribution in [0.4, 0.5) is 19.0 Å². The summed E-state index contributed by atoms with van der Waals surface area (Å²) in [5.74, 6) is 0.744. The zero-order valence-corrected chi connectivity index (χ0v) is 19.7. The van der Waals surface area contributed by atoms with Crippen LogP contribution in [0.15, 0.2) is 65.6 Å². The number of halogens is 4. The number of amides is 1. The van der Waals surface area contributed by atoms with Crippen LogP contribution in [0, 0.1) is 0 Å². The van der Waals surface area contributed by atoms with Crippen molar-refractivity contribution in [3.63, 3.8) is 0 Å². The Balaban J connectivity index is 0.00000289. The van der Waals surface area contributed by atoms with Gasteiger partial charge < -0.3 is 19.5 Å². The molecule has 3 aromatic rings. The Morgan fingerprint density at radius 3 is 2.60 bits per heavy atom. The van der Waals surface area contributed by atoms with E-state index in [2.05, 4.69) is 15.2 Å². The molecule has 0 aliphatic carbocycles. The molecule has 186 valence electrons. The number of hydrogen-bond acceptors (Lipinski definition) is 5. The molecule has 1 aromatic carbocycles. The maximum atomic E-state index is 13.1. The van der Waals surface area contributed by atoms with Crippen molar-refractivity contribution in [1.82, 2.24) is 15.2 Å². The van der Waals surface area contributed by atoms with E-state index in [0.29, 0.717) is 44.7 Å². The van der Waals surface area contributed by atoms with E-state index in [1.807, 2.05) is 23.1 Å². The monoisotopic (exact) mass is 506 g/mol. The third-order valence-corrected chi connectivity index (χ3v) is 6.62. The number of nitrogens with zero attached hydrogens (tertiary/aromatic N) is 3. The lowest BCUT2D eigenvalue weighted by Gasteiger charge is -2.37. The second kappa shape index (κ2) is 10.3. The molecule has 2 fully saturated rings. The predicted molar refractivity (Wildman–Crippen MR) is 129 cm³/mol. The normalized spacial score (nSPS) is 20.5. The lowest BCUT2D eigenvalue weighted by Crippen LogP contribution is -2.53. The Bertz CT molecular complexity index is 1150. The highest BCUT2D eigenvalue weighted by molar-refractivity contribution is 5.85. The van der Waals surface area contributed by atoms with Crippen LogP contribution in [0.3, 0.4) is 0 Å². The van der Waals surface area contributed by atoms with Crippen molar-refractivity contribution in [2.24, 2.45) is 0 Å². The fourth-order valence-corrected chi connectivity index (χ4v) is 4.80. The van der Waals surface area contributed by atoms with Gasteiger partial charge in [0.2, 0.25) is 5.91 Å². The molecule has 0 bridgehead atoms. The average Bonchev–Trinajstić information content (AvgIpc) is 3.56. The molecule has 1 amide bonds. The van der Waals surface area contributed by atoms with Gasteiger partial charge in [0.25, 0.3) is 0 Å². The molecule has 2 saturated heterocycles. The van der Waals surface area contributed by atoms with E-state index in [1.54, 1.807) is 24.8 Å². The summed E-state index contributed by atoms with van der Waals surface area (Å²) in [6, 6.07) is 10.8. The Kier molecular flexibility index (Phi) is 7.37. The number of anilines is 1. The molecule has 35 heavy (non-hydrogen) atoms. The molecule has 2 aliphatic heterocycles. The smallest absolute Gasteiger partial charge is 0.416 e. The molecule has 0 radical (unpaired) electrons. The minimum atomic E-state index is -4.37. The third kappa shape index (κ3) is 5.31. The van der Waals surface area contributed by atoms with Gasteiger partial charge in [-0.2, -0.15) is 13.2 Å². The van der Waals surface area contributed by atoms with Crippen LogP contribution in [0.5, 0.6) is 0 Å². The van der Waals surface area contributed by atoms with E-state index in [9.17, 15) is 18.0 Å². The van der Waals surface area contributed by atoms with E-state index in [-0.39, 0.29) is 30.3 Å². The van der Waals surface area contributed by atoms with Gasteiger partial charge in [-0.1, -0.05) is 18.2 Å². The van der Waals surface area contributed by atoms with E-state index >= 15 is 0 Å². The van der Waals surface area contributed by atoms with Crippen LogP contribution in [-0.2, 0) is 11.0 Å². The fourth-order valence-electron chi connectivity index (χ4n) is 4.80. The van der Waals surface area contributed by atoms with Crippen LogP contribution in [0.1, 0.15) is 23.5 Å². The molecule has 2 aromatic heterocycles. The minimum Gasteiger partial charge on any atom is -0.472 e. The zero-order chi connectivity index (χ0) is 23.7. The van der Waals surface area contributed by atoms with Gasteiger partial charge in [0, 0.05) is 50.0 Å². The third-order valence-electron chi connectivity index (χ3n) is 6.62. The number of benzene rings is 1. The first-order chi connectivity index (χ1) is 16.4. The van der Waals surface area contributed by atoms with Crippen molar-refractivity contribution in [2.75, 3.05) is 37.6 Å². The Morgan fingerprint density at radius 2 is 1.89 bits per heavy atom. The van der Waals surface area contributed by atoms with Crippen molar-refractivity contribution >= 4 is 24.1 Å². The zero-order valence-electron chi connectivity index (χ0n) is 18.9. The van der Waals surface area contributed by atoms with Gasteiger partial charge in [0.15, 0.2) is 0 Å². The largest absolute Gasteiger partial charge is 0.472 e. The molecule has 4 heterocycles. The number of rotatable bonds is 4. The summed E-state index contributed by atoms with van der Waals surface area (Å²) in [5.41, 5.74) is 1.90. The molecule has 0 unspecified atom stereocenters. The highest BCUT2D eigenvalue weighted by atomic mass is 35.5. The van der Waals surface area contributed by atoms with Gasteiger partial charge in [-0.3, -0.25) is 4.79 Å².